The number of alkyl halides is 3. The van der Waals surface area contributed by atoms with Gasteiger partial charge in [-0.1, -0.05) is 6.07 Å². The van der Waals surface area contributed by atoms with Crippen LogP contribution in [0.15, 0.2) is 70.6 Å². The van der Waals surface area contributed by atoms with Crippen molar-refractivity contribution in [2.75, 3.05) is 11.8 Å². The zero-order valence-corrected chi connectivity index (χ0v) is 16.3. The maximum atomic E-state index is 13.0. The minimum atomic E-state index is -4.48. The third-order valence-corrected chi connectivity index (χ3v) is 5.44. The molecule has 0 aliphatic carbocycles. The van der Waals surface area contributed by atoms with Crippen LogP contribution in [-0.4, -0.2) is 21.3 Å². The Balaban J connectivity index is 1.75. The number of halogens is 3. The van der Waals surface area contributed by atoms with Gasteiger partial charge in [0.25, 0.3) is 0 Å². The number of rotatable bonds is 5. The first-order valence-electron chi connectivity index (χ1n) is 8.58. The minimum Gasteiger partial charge on any atom is -0.496 e. The first-order chi connectivity index (χ1) is 14.4. The van der Waals surface area contributed by atoms with Gasteiger partial charge >= 0.3 is 6.18 Å². The summed E-state index contributed by atoms with van der Waals surface area (Å²) >= 11 is 0. The summed E-state index contributed by atoms with van der Waals surface area (Å²) < 4.78 is 64.4. The van der Waals surface area contributed by atoms with Crippen molar-refractivity contribution in [3.63, 3.8) is 0 Å². The van der Waals surface area contributed by atoms with Crippen LogP contribution in [0.2, 0.25) is 0 Å². The molecule has 0 radical (unpaired) electrons. The molecule has 0 saturated carbocycles. The average Bonchev–Trinajstić information content (AvgIpc) is 3.24. The van der Waals surface area contributed by atoms with E-state index in [0.717, 1.165) is 17.5 Å². The number of anilines is 1. The van der Waals surface area contributed by atoms with Gasteiger partial charge in [0.2, 0.25) is 0 Å². The van der Waals surface area contributed by atoms with Crippen LogP contribution >= 0.6 is 0 Å². The molecule has 154 valence electrons. The summed E-state index contributed by atoms with van der Waals surface area (Å²) in [6, 6.07) is 10.1. The molecule has 0 bridgehead atoms. The number of pyridine rings is 1. The molecule has 0 saturated heterocycles. The van der Waals surface area contributed by atoms with Gasteiger partial charge in [-0.05, 0) is 41.8 Å². The highest BCUT2D eigenvalue weighted by atomic mass is 32.2. The second-order valence-electron chi connectivity index (χ2n) is 6.20. The molecule has 0 amide bonds. The number of hydrogen-bond acceptors (Lipinski definition) is 5. The molecule has 1 atom stereocenters. The molecule has 2 heterocycles. The molecule has 0 fully saturated rings. The average molecular weight is 433 g/mol. The normalized spacial score (nSPS) is 12.7. The molecule has 6 nitrogen and oxygen atoms in total. The van der Waals surface area contributed by atoms with Gasteiger partial charge in [0, 0.05) is 17.1 Å². The van der Waals surface area contributed by atoms with Gasteiger partial charge < -0.3 is 9.15 Å². The summed E-state index contributed by atoms with van der Waals surface area (Å²) in [7, 11) is -0.275. The molecule has 2 aromatic carbocycles. The van der Waals surface area contributed by atoms with E-state index in [1.54, 1.807) is 24.3 Å². The lowest BCUT2D eigenvalue weighted by Crippen LogP contribution is -2.06. The van der Waals surface area contributed by atoms with Crippen molar-refractivity contribution < 1.29 is 26.5 Å². The summed E-state index contributed by atoms with van der Waals surface area (Å²) in [6.45, 7) is 0. The third-order valence-electron chi connectivity index (χ3n) is 4.36. The Labute approximate surface area is 171 Å². The summed E-state index contributed by atoms with van der Waals surface area (Å²) in [5.74, 6) is 0.392. The number of hydrogen-bond donors (Lipinski definition) is 1. The second-order valence-corrected chi connectivity index (χ2v) is 7.41. The summed E-state index contributed by atoms with van der Waals surface area (Å²) in [6.07, 6.45) is -0.395. The molecular formula is C20H14F3N3O3S. The zero-order chi connectivity index (χ0) is 21.3. The van der Waals surface area contributed by atoms with Gasteiger partial charge in [0.05, 0.1) is 23.3 Å². The number of nitrogens with one attached hydrogen (secondary N) is 1. The van der Waals surface area contributed by atoms with Crippen molar-refractivity contribution in [2.45, 2.75) is 11.1 Å². The fraction of sp³-hybridized carbons (Fsp3) is 0.100. The van der Waals surface area contributed by atoms with E-state index >= 15 is 0 Å². The standard InChI is InChI=1S/C20H14F3N3O3S/c1-28-17-9-13(20(21,22)23)2-4-16(17)19-15-5-3-14(8-12(15)6-7-24-19)30(27)26-18-10-29-11-25-18/h2-11,26H,1H3. The molecule has 1 N–H and O–H groups in total. The predicted molar refractivity (Wildman–Crippen MR) is 105 cm³/mol. The fourth-order valence-electron chi connectivity index (χ4n) is 2.97. The van der Waals surface area contributed by atoms with Crippen LogP contribution in [0.4, 0.5) is 19.0 Å². The van der Waals surface area contributed by atoms with E-state index in [9.17, 15) is 17.4 Å². The number of ether oxygens (including phenoxy) is 1. The largest absolute Gasteiger partial charge is 0.496 e. The lowest BCUT2D eigenvalue weighted by Gasteiger charge is -2.14. The van der Waals surface area contributed by atoms with E-state index in [1.165, 1.54) is 32.0 Å². The second kappa shape index (κ2) is 7.79. The molecule has 30 heavy (non-hydrogen) atoms. The van der Waals surface area contributed by atoms with E-state index in [2.05, 4.69) is 14.7 Å². The predicted octanol–water partition coefficient (Wildman–Crippen LogP) is 5.05. The Morgan fingerprint density at radius 1 is 1.10 bits per heavy atom. The maximum Gasteiger partial charge on any atom is 0.416 e. The smallest absolute Gasteiger partial charge is 0.416 e. The van der Waals surface area contributed by atoms with Gasteiger partial charge in [-0.15, -0.1) is 0 Å². The molecule has 2 aromatic heterocycles. The molecule has 10 heteroatoms. The van der Waals surface area contributed by atoms with E-state index in [1.807, 2.05) is 0 Å². The molecule has 0 aliphatic rings. The molecule has 4 rings (SSSR count). The Kier molecular flexibility index (Phi) is 5.17. The Morgan fingerprint density at radius 2 is 1.93 bits per heavy atom. The summed E-state index contributed by atoms with van der Waals surface area (Å²) in [5.41, 5.74) is 0.0745. The highest BCUT2D eigenvalue weighted by Crippen LogP contribution is 2.38. The lowest BCUT2D eigenvalue weighted by molar-refractivity contribution is -0.137. The fourth-order valence-corrected chi connectivity index (χ4v) is 3.80. The maximum absolute atomic E-state index is 13.0. The molecule has 0 spiro atoms. The third kappa shape index (κ3) is 3.86. The van der Waals surface area contributed by atoms with Crippen molar-refractivity contribution in [2.24, 2.45) is 0 Å². The highest BCUT2D eigenvalue weighted by molar-refractivity contribution is 7.86. The number of benzene rings is 2. The number of fused-ring (bicyclic) bond motifs is 1. The number of nitrogens with zero attached hydrogens (tertiary/aromatic N) is 2. The minimum absolute atomic E-state index is 0.0603. The lowest BCUT2D eigenvalue weighted by atomic mass is 10.0. The van der Waals surface area contributed by atoms with E-state index in [4.69, 9.17) is 9.15 Å². The van der Waals surface area contributed by atoms with Crippen molar-refractivity contribution in [1.29, 1.82) is 0 Å². The van der Waals surface area contributed by atoms with Gasteiger partial charge in [-0.25, -0.2) is 4.21 Å². The summed E-state index contributed by atoms with van der Waals surface area (Å²) in [5, 5.41) is 1.40. The van der Waals surface area contributed by atoms with Crippen LogP contribution in [0.1, 0.15) is 5.56 Å². The SMILES string of the molecule is COc1cc(C(F)(F)F)ccc1-c1nccc2cc(S(=O)Nc3cocn3)ccc12. The van der Waals surface area contributed by atoms with E-state index < -0.39 is 22.7 Å². The molecule has 0 aliphatic heterocycles. The van der Waals surface area contributed by atoms with Gasteiger partial charge in [0.15, 0.2) is 23.2 Å². The highest BCUT2D eigenvalue weighted by Gasteiger charge is 2.31. The van der Waals surface area contributed by atoms with Gasteiger partial charge in [-0.3, -0.25) is 9.71 Å². The van der Waals surface area contributed by atoms with Crippen LogP contribution < -0.4 is 9.46 Å². The van der Waals surface area contributed by atoms with Gasteiger partial charge in [-0.2, -0.15) is 18.2 Å². The van der Waals surface area contributed by atoms with Crippen molar-refractivity contribution in [3.05, 3.63) is 66.9 Å². The number of oxazole rings is 1. The van der Waals surface area contributed by atoms with Crippen LogP contribution in [0.3, 0.4) is 0 Å². The quantitative estimate of drug-likeness (QED) is 0.477. The number of methoxy groups -OCH3 is 1. The van der Waals surface area contributed by atoms with Crippen LogP contribution in [0.25, 0.3) is 22.0 Å². The molecular weight excluding hydrogens is 419 g/mol. The first-order valence-corrected chi connectivity index (χ1v) is 9.73. The van der Waals surface area contributed by atoms with E-state index in [-0.39, 0.29) is 5.75 Å². The van der Waals surface area contributed by atoms with Crippen LogP contribution in [0.5, 0.6) is 5.75 Å². The van der Waals surface area contributed by atoms with Crippen molar-refractivity contribution in [3.8, 4) is 17.0 Å². The Morgan fingerprint density at radius 3 is 2.63 bits per heavy atom. The van der Waals surface area contributed by atoms with Gasteiger partial charge in [0.1, 0.15) is 12.0 Å². The van der Waals surface area contributed by atoms with Crippen molar-refractivity contribution in [1.82, 2.24) is 9.97 Å². The van der Waals surface area contributed by atoms with Crippen LogP contribution in [0, 0.1) is 0 Å². The Hall–Kier alpha value is -3.40. The summed E-state index contributed by atoms with van der Waals surface area (Å²) in [4.78, 5) is 8.69. The molecule has 1 unspecified atom stereocenters. The first kappa shape index (κ1) is 19.9. The Bertz CT molecular complexity index is 1230. The van der Waals surface area contributed by atoms with E-state index in [0.29, 0.717) is 27.4 Å². The zero-order valence-electron chi connectivity index (χ0n) is 15.4. The topological polar surface area (TPSA) is 77.2 Å². The monoisotopic (exact) mass is 433 g/mol. The van der Waals surface area contributed by atoms with Crippen molar-refractivity contribution >= 4 is 27.6 Å². The molecule has 4 aromatic rings. The number of aromatic nitrogens is 2. The van der Waals surface area contributed by atoms with Crippen LogP contribution in [-0.2, 0) is 17.2 Å².